The van der Waals surface area contributed by atoms with E-state index in [0.717, 1.165) is 11.1 Å². The predicted octanol–water partition coefficient (Wildman–Crippen LogP) is 2.69. The number of hydrogen-bond donors (Lipinski definition) is 0. The highest BCUT2D eigenvalue weighted by molar-refractivity contribution is 8.13. The second-order valence-corrected chi connectivity index (χ2v) is 7.43. The highest BCUT2D eigenvalue weighted by Crippen LogP contribution is 2.21. The zero-order valence-electron chi connectivity index (χ0n) is 11.5. The lowest BCUT2D eigenvalue weighted by Gasteiger charge is -2.12. The van der Waals surface area contributed by atoms with Gasteiger partial charge in [0.25, 0.3) is 14.2 Å². The van der Waals surface area contributed by atoms with Gasteiger partial charge in [0.05, 0.1) is 0 Å². The van der Waals surface area contributed by atoms with E-state index in [9.17, 15) is 8.42 Å². The number of halogens is 1. The van der Waals surface area contributed by atoms with Crippen LogP contribution in [0.5, 0.6) is 0 Å². The molecule has 108 valence electrons. The molecule has 0 N–H and O–H groups in total. The van der Waals surface area contributed by atoms with E-state index in [-0.39, 0.29) is 11.2 Å². The van der Waals surface area contributed by atoms with Crippen LogP contribution in [0, 0.1) is 6.92 Å². The summed E-state index contributed by atoms with van der Waals surface area (Å²) in [5.74, 6) is 0.588. The second-order valence-electron chi connectivity index (χ2n) is 4.97. The number of aryl methyl sites for hydroxylation is 1. The molecule has 2 rings (SSSR count). The van der Waals surface area contributed by atoms with Crippen LogP contribution in [0.25, 0.3) is 0 Å². The third-order valence-electron chi connectivity index (χ3n) is 2.91. The molecular weight excluding hydrogens is 298 g/mol. The Morgan fingerprint density at radius 3 is 2.55 bits per heavy atom. The molecule has 0 spiro atoms. The predicted molar refractivity (Wildman–Crippen MR) is 77.4 cm³/mol. The van der Waals surface area contributed by atoms with Crippen LogP contribution >= 0.6 is 10.7 Å². The first-order chi connectivity index (χ1) is 9.29. The van der Waals surface area contributed by atoms with Crippen molar-refractivity contribution in [2.75, 3.05) is 0 Å². The van der Waals surface area contributed by atoms with Gasteiger partial charge in [-0.05, 0) is 26.3 Å². The number of hydrogen-bond acceptors (Lipinski definition) is 4. The third kappa shape index (κ3) is 3.19. The average molecular weight is 314 g/mol. The van der Waals surface area contributed by atoms with Gasteiger partial charge >= 0.3 is 0 Å². The van der Waals surface area contributed by atoms with E-state index in [2.05, 4.69) is 10.2 Å². The molecule has 0 aliphatic rings. The van der Waals surface area contributed by atoms with Gasteiger partial charge in [-0.3, -0.25) is 4.57 Å². The monoisotopic (exact) mass is 313 g/mol. The SMILES string of the molecule is Cc1cccc(Cc2nnc(S(=O)(=O)Cl)n2C(C)C)c1. The van der Waals surface area contributed by atoms with Crippen LogP contribution in [0.2, 0.25) is 0 Å². The molecule has 0 atom stereocenters. The molecule has 0 saturated heterocycles. The van der Waals surface area contributed by atoms with Gasteiger partial charge in [0.15, 0.2) is 0 Å². The highest BCUT2D eigenvalue weighted by atomic mass is 35.7. The zero-order valence-corrected chi connectivity index (χ0v) is 13.1. The van der Waals surface area contributed by atoms with Gasteiger partial charge < -0.3 is 0 Å². The van der Waals surface area contributed by atoms with Gasteiger partial charge in [0.2, 0.25) is 0 Å². The Bertz CT molecular complexity index is 723. The summed E-state index contributed by atoms with van der Waals surface area (Å²) in [6, 6.07) is 7.88. The third-order valence-corrected chi connectivity index (χ3v) is 4.04. The Kier molecular flexibility index (Phi) is 4.15. The molecule has 1 aromatic heterocycles. The zero-order chi connectivity index (χ0) is 14.9. The van der Waals surface area contributed by atoms with Crippen LogP contribution in [0.4, 0.5) is 0 Å². The fraction of sp³-hybridized carbons (Fsp3) is 0.385. The minimum Gasteiger partial charge on any atom is -0.298 e. The quantitative estimate of drug-likeness (QED) is 0.814. The Morgan fingerprint density at radius 1 is 1.30 bits per heavy atom. The standard InChI is InChI=1S/C13H16ClN3O2S/c1-9(2)17-12(15-16-13(17)20(14,18)19)8-11-6-4-5-10(3)7-11/h4-7,9H,8H2,1-3H3. The lowest BCUT2D eigenvalue weighted by Crippen LogP contribution is -2.12. The summed E-state index contributed by atoms with van der Waals surface area (Å²) in [5.41, 5.74) is 2.20. The van der Waals surface area contributed by atoms with Gasteiger partial charge in [-0.15, -0.1) is 10.2 Å². The van der Waals surface area contributed by atoms with E-state index >= 15 is 0 Å². The fourth-order valence-corrected chi connectivity index (χ4v) is 3.12. The van der Waals surface area contributed by atoms with Gasteiger partial charge in [-0.1, -0.05) is 29.8 Å². The molecule has 20 heavy (non-hydrogen) atoms. The largest absolute Gasteiger partial charge is 0.298 e. The van der Waals surface area contributed by atoms with E-state index in [1.165, 1.54) is 0 Å². The average Bonchev–Trinajstić information content (AvgIpc) is 2.72. The van der Waals surface area contributed by atoms with Crippen LogP contribution in [0.15, 0.2) is 29.4 Å². The highest BCUT2D eigenvalue weighted by Gasteiger charge is 2.24. The summed E-state index contributed by atoms with van der Waals surface area (Å²) in [6.45, 7) is 5.74. The van der Waals surface area contributed by atoms with Crippen molar-refractivity contribution in [3.63, 3.8) is 0 Å². The van der Waals surface area contributed by atoms with Crippen molar-refractivity contribution in [1.82, 2.24) is 14.8 Å². The van der Waals surface area contributed by atoms with Crippen molar-refractivity contribution in [1.29, 1.82) is 0 Å². The molecule has 5 nitrogen and oxygen atoms in total. The Balaban J connectivity index is 2.45. The molecule has 0 bridgehead atoms. The van der Waals surface area contributed by atoms with Crippen molar-refractivity contribution >= 4 is 19.7 Å². The minimum absolute atomic E-state index is 0.0895. The molecule has 0 radical (unpaired) electrons. The summed E-state index contributed by atoms with van der Waals surface area (Å²) >= 11 is 0. The van der Waals surface area contributed by atoms with Crippen LogP contribution in [0.1, 0.15) is 36.8 Å². The Morgan fingerprint density at radius 2 is 2.00 bits per heavy atom. The number of benzene rings is 1. The molecule has 0 unspecified atom stereocenters. The maximum absolute atomic E-state index is 11.5. The van der Waals surface area contributed by atoms with Crippen LogP contribution < -0.4 is 0 Å². The number of aromatic nitrogens is 3. The Labute approximate surface area is 123 Å². The van der Waals surface area contributed by atoms with Crippen molar-refractivity contribution in [2.45, 2.75) is 38.4 Å². The van der Waals surface area contributed by atoms with Gasteiger partial charge in [-0.2, -0.15) is 0 Å². The summed E-state index contributed by atoms with van der Waals surface area (Å²) in [7, 11) is 1.50. The summed E-state index contributed by atoms with van der Waals surface area (Å²) in [6.07, 6.45) is 0.513. The molecular formula is C13H16ClN3O2S. The fourth-order valence-electron chi connectivity index (χ4n) is 2.12. The van der Waals surface area contributed by atoms with Crippen molar-refractivity contribution < 1.29 is 8.42 Å². The number of nitrogens with zero attached hydrogens (tertiary/aromatic N) is 3. The molecule has 7 heteroatoms. The minimum atomic E-state index is -3.90. The first kappa shape index (κ1) is 15.0. The summed E-state index contributed by atoms with van der Waals surface area (Å²) in [4.78, 5) is 0. The van der Waals surface area contributed by atoms with Crippen LogP contribution in [0.3, 0.4) is 0 Å². The van der Waals surface area contributed by atoms with E-state index in [1.54, 1.807) is 4.57 Å². The van der Waals surface area contributed by atoms with Crippen LogP contribution in [-0.2, 0) is 15.5 Å². The van der Waals surface area contributed by atoms with E-state index in [0.29, 0.717) is 12.2 Å². The molecule has 1 heterocycles. The lowest BCUT2D eigenvalue weighted by molar-refractivity contribution is 0.512. The molecule has 0 amide bonds. The first-order valence-corrected chi connectivity index (χ1v) is 8.54. The van der Waals surface area contributed by atoms with Gasteiger partial charge in [0, 0.05) is 23.1 Å². The summed E-state index contributed by atoms with van der Waals surface area (Å²) in [5, 5.41) is 7.50. The molecule has 2 aromatic rings. The smallest absolute Gasteiger partial charge is 0.296 e. The molecule has 0 fully saturated rings. The van der Waals surface area contributed by atoms with Crippen molar-refractivity contribution in [3.05, 3.63) is 41.2 Å². The maximum atomic E-state index is 11.5. The van der Waals surface area contributed by atoms with Gasteiger partial charge in [0.1, 0.15) is 5.82 Å². The molecule has 1 aromatic carbocycles. The van der Waals surface area contributed by atoms with Crippen molar-refractivity contribution in [3.8, 4) is 0 Å². The lowest BCUT2D eigenvalue weighted by atomic mass is 10.1. The van der Waals surface area contributed by atoms with E-state index in [4.69, 9.17) is 10.7 Å². The van der Waals surface area contributed by atoms with Gasteiger partial charge in [-0.25, -0.2) is 8.42 Å². The normalized spacial score (nSPS) is 12.1. The van der Waals surface area contributed by atoms with Crippen LogP contribution in [-0.4, -0.2) is 23.2 Å². The van der Waals surface area contributed by atoms with E-state index in [1.807, 2.05) is 45.0 Å². The topological polar surface area (TPSA) is 64.8 Å². The van der Waals surface area contributed by atoms with Crippen molar-refractivity contribution in [2.24, 2.45) is 0 Å². The first-order valence-electron chi connectivity index (χ1n) is 6.23. The molecule has 0 saturated carbocycles. The maximum Gasteiger partial charge on any atom is 0.296 e. The van der Waals surface area contributed by atoms with E-state index < -0.39 is 9.05 Å². The molecule has 0 aliphatic carbocycles. The Hall–Kier alpha value is -1.40. The summed E-state index contributed by atoms with van der Waals surface area (Å²) < 4.78 is 24.6. The second kappa shape index (κ2) is 5.54. The number of rotatable bonds is 4. The molecule has 0 aliphatic heterocycles.